The van der Waals surface area contributed by atoms with Gasteiger partial charge in [0.15, 0.2) is 5.11 Å². The number of pyridine rings is 1. The minimum Gasteiger partial charge on any atom is -0.352 e. The predicted molar refractivity (Wildman–Crippen MR) is 135 cm³/mol. The molecule has 0 bridgehead atoms. The molecule has 1 aliphatic carbocycles. The van der Waals surface area contributed by atoms with E-state index in [0.717, 1.165) is 27.9 Å². The van der Waals surface area contributed by atoms with Gasteiger partial charge >= 0.3 is 0 Å². The number of benzene rings is 1. The first-order valence-electron chi connectivity index (χ1n) is 11.1. The van der Waals surface area contributed by atoms with Crippen molar-refractivity contribution in [2.45, 2.75) is 57.7 Å². The Morgan fingerprint density at radius 1 is 1.06 bits per heavy atom. The van der Waals surface area contributed by atoms with Gasteiger partial charge in [-0.2, -0.15) is 0 Å². The molecule has 1 aliphatic heterocycles. The van der Waals surface area contributed by atoms with Crippen LogP contribution in [0.25, 0.3) is 5.69 Å². The van der Waals surface area contributed by atoms with Crippen LogP contribution >= 0.6 is 35.4 Å². The van der Waals surface area contributed by atoms with Crippen LogP contribution in [0.15, 0.2) is 48.7 Å². The van der Waals surface area contributed by atoms with Crippen LogP contribution in [0.2, 0.25) is 10.0 Å². The summed E-state index contributed by atoms with van der Waals surface area (Å²) in [6, 6.07) is 14.6. The van der Waals surface area contributed by atoms with Gasteiger partial charge in [0.2, 0.25) is 0 Å². The summed E-state index contributed by atoms with van der Waals surface area (Å²) in [6.45, 7) is 4.27. The lowest BCUT2D eigenvalue weighted by Gasteiger charge is -2.33. The molecule has 32 heavy (non-hydrogen) atoms. The number of hydrogen-bond donors (Lipinski definition) is 1. The summed E-state index contributed by atoms with van der Waals surface area (Å²) < 4.78 is 2.20. The van der Waals surface area contributed by atoms with Gasteiger partial charge in [0, 0.05) is 23.6 Å². The molecule has 5 rings (SSSR count). The van der Waals surface area contributed by atoms with Crippen molar-refractivity contribution in [3.63, 3.8) is 0 Å². The second kappa shape index (κ2) is 8.69. The summed E-state index contributed by atoms with van der Waals surface area (Å²) >= 11 is 18.8. The summed E-state index contributed by atoms with van der Waals surface area (Å²) in [6.07, 6.45) is 6.70. The number of nitrogens with zero attached hydrogens (tertiary/aromatic N) is 3. The number of rotatable bonds is 4. The average molecular weight is 485 g/mol. The monoisotopic (exact) mass is 484 g/mol. The minimum atomic E-state index is -0.00640. The zero-order valence-electron chi connectivity index (χ0n) is 18.2. The fraction of sp³-hybridized carbons (Fsp3) is 0.360. The fourth-order valence-electron chi connectivity index (χ4n) is 5.40. The highest BCUT2D eigenvalue weighted by molar-refractivity contribution is 7.80. The van der Waals surface area contributed by atoms with E-state index in [1.807, 2.05) is 36.5 Å². The van der Waals surface area contributed by atoms with E-state index in [0.29, 0.717) is 16.1 Å². The predicted octanol–water partition coefficient (Wildman–Crippen LogP) is 6.71. The van der Waals surface area contributed by atoms with Crippen LogP contribution in [-0.2, 0) is 0 Å². The molecule has 3 aromatic rings. The van der Waals surface area contributed by atoms with Gasteiger partial charge in [-0.25, -0.2) is 0 Å². The summed E-state index contributed by atoms with van der Waals surface area (Å²) in [5.74, 6) is 0. The van der Waals surface area contributed by atoms with Crippen molar-refractivity contribution in [3.05, 3.63) is 81.4 Å². The molecule has 7 heteroatoms. The number of aromatic nitrogens is 2. The molecule has 166 valence electrons. The number of aryl methyl sites for hydroxylation is 1. The van der Waals surface area contributed by atoms with E-state index in [-0.39, 0.29) is 12.1 Å². The van der Waals surface area contributed by atoms with Crippen molar-refractivity contribution in [3.8, 4) is 5.69 Å². The Labute approximate surface area is 204 Å². The molecule has 1 saturated heterocycles. The first-order chi connectivity index (χ1) is 15.5. The molecule has 1 N–H and O–H groups in total. The van der Waals surface area contributed by atoms with Gasteiger partial charge in [-0.3, -0.25) is 4.98 Å². The van der Waals surface area contributed by atoms with E-state index in [4.69, 9.17) is 35.4 Å². The van der Waals surface area contributed by atoms with Crippen LogP contribution in [0.5, 0.6) is 0 Å². The lowest BCUT2D eigenvalue weighted by molar-refractivity contribution is 0.245. The van der Waals surface area contributed by atoms with Gasteiger partial charge in [-0.05, 0) is 74.8 Å². The third-order valence-electron chi connectivity index (χ3n) is 6.81. The first-order valence-corrected chi connectivity index (χ1v) is 12.3. The van der Waals surface area contributed by atoms with Gasteiger partial charge in [-0.1, -0.05) is 48.2 Å². The van der Waals surface area contributed by atoms with Crippen molar-refractivity contribution in [2.24, 2.45) is 0 Å². The zero-order valence-corrected chi connectivity index (χ0v) is 20.5. The van der Waals surface area contributed by atoms with Gasteiger partial charge < -0.3 is 14.8 Å². The maximum Gasteiger partial charge on any atom is 0.170 e. The summed E-state index contributed by atoms with van der Waals surface area (Å²) in [4.78, 5) is 7.12. The molecule has 0 radical (unpaired) electrons. The molecular formula is C25H26Cl2N4S. The Balaban J connectivity index is 1.66. The third-order valence-corrected chi connectivity index (χ3v) is 7.95. The van der Waals surface area contributed by atoms with Crippen LogP contribution in [0.1, 0.15) is 60.4 Å². The first kappa shape index (κ1) is 21.7. The largest absolute Gasteiger partial charge is 0.352 e. The molecule has 2 fully saturated rings. The van der Waals surface area contributed by atoms with Gasteiger partial charge in [0.25, 0.3) is 0 Å². The molecule has 2 atom stereocenters. The third kappa shape index (κ3) is 3.60. The lowest BCUT2D eigenvalue weighted by Crippen LogP contribution is -2.37. The van der Waals surface area contributed by atoms with E-state index in [1.54, 1.807) is 0 Å². The van der Waals surface area contributed by atoms with E-state index >= 15 is 0 Å². The summed E-state index contributed by atoms with van der Waals surface area (Å²) in [7, 11) is 0. The highest BCUT2D eigenvalue weighted by Crippen LogP contribution is 2.45. The Kier molecular flexibility index (Phi) is 5.91. The maximum absolute atomic E-state index is 6.61. The maximum atomic E-state index is 6.61. The molecular weight excluding hydrogens is 459 g/mol. The van der Waals surface area contributed by atoms with E-state index < -0.39 is 0 Å². The van der Waals surface area contributed by atoms with Crippen molar-refractivity contribution in [2.75, 3.05) is 0 Å². The highest BCUT2D eigenvalue weighted by atomic mass is 35.5. The van der Waals surface area contributed by atoms with Gasteiger partial charge in [-0.15, -0.1) is 0 Å². The van der Waals surface area contributed by atoms with Crippen LogP contribution in [-0.4, -0.2) is 25.6 Å². The smallest absolute Gasteiger partial charge is 0.170 e. The fourth-order valence-corrected chi connectivity index (χ4v) is 6.17. The van der Waals surface area contributed by atoms with Crippen LogP contribution < -0.4 is 5.32 Å². The molecule has 0 spiro atoms. The summed E-state index contributed by atoms with van der Waals surface area (Å²) in [5, 5.41) is 5.55. The van der Waals surface area contributed by atoms with Gasteiger partial charge in [0.1, 0.15) is 0 Å². The standard InChI is InChI=1S/C25H26Cl2N4S/c1-15-14-18(16(2)30(15)21-12-7-10-19(26)22(21)27)24-23(20-11-5-6-13-28-20)29-25(32)31(24)17-8-3-4-9-17/h5-7,10-14,17,23-24H,3-4,8-9H2,1-2H3,(H,29,32)/t23-,24-/m1/s1. The number of halogens is 2. The topological polar surface area (TPSA) is 33.1 Å². The normalized spacial score (nSPS) is 21.4. The Morgan fingerprint density at radius 3 is 2.56 bits per heavy atom. The number of thiocarbonyl (C=S) groups is 1. The molecule has 1 saturated carbocycles. The van der Waals surface area contributed by atoms with Crippen molar-refractivity contribution in [1.82, 2.24) is 19.8 Å². The Morgan fingerprint density at radius 2 is 1.84 bits per heavy atom. The van der Waals surface area contributed by atoms with Gasteiger partial charge in [0.05, 0.1) is 33.5 Å². The Hall–Kier alpha value is -2.08. The second-order valence-corrected chi connectivity index (χ2v) is 9.88. The molecule has 0 amide bonds. The molecule has 2 aliphatic rings. The zero-order chi connectivity index (χ0) is 22.4. The van der Waals surface area contributed by atoms with Crippen molar-refractivity contribution >= 4 is 40.5 Å². The molecule has 2 aromatic heterocycles. The Bertz CT molecular complexity index is 1150. The van der Waals surface area contributed by atoms with E-state index in [1.165, 1.54) is 31.2 Å². The number of hydrogen-bond acceptors (Lipinski definition) is 2. The lowest BCUT2D eigenvalue weighted by atomic mass is 9.95. The van der Waals surface area contributed by atoms with Crippen LogP contribution in [0.4, 0.5) is 0 Å². The average Bonchev–Trinajstić information content (AvgIpc) is 3.49. The highest BCUT2D eigenvalue weighted by Gasteiger charge is 2.44. The molecule has 4 nitrogen and oxygen atoms in total. The van der Waals surface area contributed by atoms with E-state index in [9.17, 15) is 0 Å². The molecule has 3 heterocycles. The van der Waals surface area contributed by atoms with Crippen molar-refractivity contribution < 1.29 is 0 Å². The van der Waals surface area contributed by atoms with Crippen molar-refractivity contribution in [1.29, 1.82) is 0 Å². The number of nitrogens with one attached hydrogen (secondary N) is 1. The van der Waals surface area contributed by atoms with E-state index in [2.05, 4.69) is 45.7 Å². The second-order valence-electron chi connectivity index (χ2n) is 8.71. The minimum absolute atomic E-state index is 0.00640. The van der Waals surface area contributed by atoms with Crippen LogP contribution in [0.3, 0.4) is 0 Å². The quantitative estimate of drug-likeness (QED) is 0.417. The molecule has 1 aromatic carbocycles. The molecule has 0 unspecified atom stereocenters. The SMILES string of the molecule is Cc1cc([C@@H]2[C@@H](c3ccccn3)NC(=S)N2C2CCCC2)c(C)n1-c1cccc(Cl)c1Cl. The van der Waals surface area contributed by atoms with Crippen LogP contribution in [0, 0.1) is 13.8 Å². The summed E-state index contributed by atoms with van der Waals surface area (Å²) in [5.41, 5.74) is 5.41.